The highest BCUT2D eigenvalue weighted by Crippen LogP contribution is 2.13. The van der Waals surface area contributed by atoms with Crippen LogP contribution < -0.4 is 5.32 Å². The van der Waals surface area contributed by atoms with Crippen molar-refractivity contribution in [1.29, 1.82) is 0 Å². The highest BCUT2D eigenvalue weighted by atomic mass is 32.1. The van der Waals surface area contributed by atoms with Crippen molar-refractivity contribution in [3.05, 3.63) is 16.1 Å². The zero-order valence-corrected chi connectivity index (χ0v) is 14.1. The molecule has 1 aromatic heterocycles. The summed E-state index contributed by atoms with van der Waals surface area (Å²) in [7, 11) is 0. The lowest BCUT2D eigenvalue weighted by molar-refractivity contribution is -0.126. The number of carbonyl (C=O) groups excluding carboxylic acids is 1. The number of hydrogen-bond donors (Lipinski definition) is 1. The standard InChI is InChI=1S/C15H26N4OS/c1-4-5-16-15(20)12(2)19-8-6-18(7-9-19)10-14-11-21-13(3)17-14/h11-12H,4-10H2,1-3H3,(H,16,20). The first-order valence-corrected chi connectivity index (χ1v) is 8.63. The largest absolute Gasteiger partial charge is 0.355 e. The van der Waals surface area contributed by atoms with Gasteiger partial charge in [-0.15, -0.1) is 11.3 Å². The second-order valence-electron chi connectivity index (χ2n) is 5.64. The van der Waals surface area contributed by atoms with E-state index in [4.69, 9.17) is 0 Å². The smallest absolute Gasteiger partial charge is 0.237 e. The van der Waals surface area contributed by atoms with Gasteiger partial charge in [0.15, 0.2) is 0 Å². The van der Waals surface area contributed by atoms with Crippen molar-refractivity contribution in [3.8, 4) is 0 Å². The number of hydrogen-bond acceptors (Lipinski definition) is 5. The van der Waals surface area contributed by atoms with Crippen LogP contribution in [-0.2, 0) is 11.3 Å². The number of carbonyl (C=O) groups is 1. The van der Waals surface area contributed by atoms with Crippen LogP contribution in [0.25, 0.3) is 0 Å². The Morgan fingerprint density at radius 2 is 2.14 bits per heavy atom. The number of piperazine rings is 1. The number of aromatic nitrogens is 1. The summed E-state index contributed by atoms with van der Waals surface area (Å²) >= 11 is 1.71. The Morgan fingerprint density at radius 3 is 2.71 bits per heavy atom. The second-order valence-corrected chi connectivity index (χ2v) is 6.70. The third-order valence-electron chi connectivity index (χ3n) is 3.94. The Balaban J connectivity index is 1.76. The van der Waals surface area contributed by atoms with Gasteiger partial charge in [-0.3, -0.25) is 14.6 Å². The highest BCUT2D eigenvalue weighted by Gasteiger charge is 2.25. The Kier molecular flexibility index (Phi) is 6.14. The first-order chi connectivity index (χ1) is 10.1. The predicted molar refractivity (Wildman–Crippen MR) is 86.5 cm³/mol. The van der Waals surface area contributed by atoms with Gasteiger partial charge in [0.25, 0.3) is 0 Å². The number of rotatable bonds is 6. The van der Waals surface area contributed by atoms with Crippen LogP contribution in [0.5, 0.6) is 0 Å². The minimum absolute atomic E-state index is 0.0276. The van der Waals surface area contributed by atoms with Crippen LogP contribution in [-0.4, -0.2) is 59.5 Å². The lowest BCUT2D eigenvalue weighted by atomic mass is 10.2. The van der Waals surface area contributed by atoms with Gasteiger partial charge in [-0.25, -0.2) is 4.98 Å². The summed E-state index contributed by atoms with van der Waals surface area (Å²) in [6.07, 6.45) is 0.985. The maximum absolute atomic E-state index is 12.0. The molecule has 1 atom stereocenters. The fourth-order valence-corrected chi connectivity index (χ4v) is 3.18. The molecule has 1 saturated heterocycles. The van der Waals surface area contributed by atoms with Gasteiger partial charge in [-0.05, 0) is 20.3 Å². The number of amides is 1. The van der Waals surface area contributed by atoms with Crippen LogP contribution in [0, 0.1) is 6.92 Å². The molecule has 0 aromatic carbocycles. The molecule has 1 fully saturated rings. The van der Waals surface area contributed by atoms with Crippen LogP contribution in [0.4, 0.5) is 0 Å². The molecular weight excluding hydrogens is 284 g/mol. The third kappa shape index (κ3) is 4.76. The maximum Gasteiger partial charge on any atom is 0.237 e. The summed E-state index contributed by atoms with van der Waals surface area (Å²) in [6, 6.07) is -0.0276. The van der Waals surface area contributed by atoms with Crippen LogP contribution >= 0.6 is 11.3 Å². The minimum Gasteiger partial charge on any atom is -0.355 e. The van der Waals surface area contributed by atoms with E-state index in [-0.39, 0.29) is 11.9 Å². The van der Waals surface area contributed by atoms with E-state index in [0.29, 0.717) is 0 Å². The van der Waals surface area contributed by atoms with E-state index in [2.05, 4.69) is 32.4 Å². The number of thiazole rings is 1. The molecule has 0 radical (unpaired) electrons. The maximum atomic E-state index is 12.0. The summed E-state index contributed by atoms with van der Waals surface area (Å²) in [5.74, 6) is 0.153. The normalized spacial score (nSPS) is 18.6. The van der Waals surface area contributed by atoms with Gasteiger partial charge in [0.1, 0.15) is 0 Å². The molecule has 1 amide bonds. The molecule has 1 N–H and O–H groups in total. The quantitative estimate of drug-likeness (QED) is 0.865. The van der Waals surface area contributed by atoms with Crippen molar-refractivity contribution in [2.75, 3.05) is 32.7 Å². The van der Waals surface area contributed by atoms with Crippen LogP contribution in [0.2, 0.25) is 0 Å². The fourth-order valence-electron chi connectivity index (χ4n) is 2.58. The van der Waals surface area contributed by atoms with Gasteiger partial charge in [-0.1, -0.05) is 6.92 Å². The third-order valence-corrected chi connectivity index (χ3v) is 4.76. The minimum atomic E-state index is -0.0276. The molecule has 2 heterocycles. The van der Waals surface area contributed by atoms with E-state index < -0.39 is 0 Å². The first-order valence-electron chi connectivity index (χ1n) is 7.75. The Hall–Kier alpha value is -0.980. The van der Waals surface area contributed by atoms with E-state index in [9.17, 15) is 4.79 Å². The molecule has 2 rings (SSSR count). The van der Waals surface area contributed by atoms with E-state index in [1.54, 1.807) is 11.3 Å². The molecule has 6 heteroatoms. The SMILES string of the molecule is CCCNC(=O)C(C)N1CCN(Cc2csc(C)n2)CC1. The number of aryl methyl sites for hydroxylation is 1. The molecule has 0 bridgehead atoms. The van der Waals surface area contributed by atoms with Gasteiger partial charge in [0, 0.05) is 44.6 Å². The van der Waals surface area contributed by atoms with Crippen molar-refractivity contribution in [1.82, 2.24) is 20.1 Å². The van der Waals surface area contributed by atoms with Gasteiger partial charge in [0.2, 0.25) is 5.91 Å². The summed E-state index contributed by atoms with van der Waals surface area (Å²) in [5, 5.41) is 6.25. The topological polar surface area (TPSA) is 48.5 Å². The molecule has 21 heavy (non-hydrogen) atoms. The average Bonchev–Trinajstić information content (AvgIpc) is 2.90. The Morgan fingerprint density at radius 1 is 1.43 bits per heavy atom. The zero-order chi connectivity index (χ0) is 15.2. The molecule has 1 unspecified atom stereocenters. The predicted octanol–water partition coefficient (Wildman–Crippen LogP) is 1.48. The van der Waals surface area contributed by atoms with Crippen molar-refractivity contribution in [2.24, 2.45) is 0 Å². The first kappa shape index (κ1) is 16.4. The highest BCUT2D eigenvalue weighted by molar-refractivity contribution is 7.09. The summed E-state index contributed by atoms with van der Waals surface area (Å²) in [4.78, 5) is 21.2. The van der Waals surface area contributed by atoms with Gasteiger partial charge in [-0.2, -0.15) is 0 Å². The van der Waals surface area contributed by atoms with Crippen molar-refractivity contribution < 1.29 is 4.79 Å². The van der Waals surface area contributed by atoms with Crippen LogP contribution in [0.3, 0.4) is 0 Å². The Labute approximate surface area is 131 Å². The molecule has 5 nitrogen and oxygen atoms in total. The van der Waals surface area contributed by atoms with Crippen LogP contribution in [0.1, 0.15) is 31.0 Å². The van der Waals surface area contributed by atoms with Crippen LogP contribution in [0.15, 0.2) is 5.38 Å². The van der Waals surface area contributed by atoms with Gasteiger partial charge < -0.3 is 5.32 Å². The van der Waals surface area contributed by atoms with E-state index >= 15 is 0 Å². The molecular formula is C15H26N4OS. The molecule has 0 saturated carbocycles. The van der Waals surface area contributed by atoms with Crippen molar-refractivity contribution in [2.45, 2.75) is 39.8 Å². The van der Waals surface area contributed by atoms with Gasteiger partial charge in [0.05, 0.1) is 16.7 Å². The lowest BCUT2D eigenvalue weighted by Gasteiger charge is -2.37. The molecule has 0 spiro atoms. The monoisotopic (exact) mass is 310 g/mol. The van der Waals surface area contributed by atoms with Gasteiger partial charge >= 0.3 is 0 Å². The molecule has 0 aliphatic carbocycles. The van der Waals surface area contributed by atoms with E-state index in [1.807, 2.05) is 13.8 Å². The second kappa shape index (κ2) is 7.87. The van der Waals surface area contributed by atoms with E-state index in [1.165, 1.54) is 5.69 Å². The Bertz CT molecular complexity index is 454. The summed E-state index contributed by atoms with van der Waals surface area (Å²) in [5.41, 5.74) is 1.17. The summed E-state index contributed by atoms with van der Waals surface area (Å²) in [6.45, 7) is 11.7. The van der Waals surface area contributed by atoms with E-state index in [0.717, 1.165) is 50.7 Å². The summed E-state index contributed by atoms with van der Waals surface area (Å²) < 4.78 is 0. The molecule has 1 aliphatic rings. The molecule has 118 valence electrons. The average molecular weight is 310 g/mol. The lowest BCUT2D eigenvalue weighted by Crippen LogP contribution is -2.53. The number of nitrogens with one attached hydrogen (secondary N) is 1. The number of nitrogens with zero attached hydrogens (tertiary/aromatic N) is 3. The zero-order valence-electron chi connectivity index (χ0n) is 13.3. The molecule has 1 aromatic rings. The fraction of sp³-hybridized carbons (Fsp3) is 0.733. The van der Waals surface area contributed by atoms with Crippen molar-refractivity contribution in [3.63, 3.8) is 0 Å². The van der Waals surface area contributed by atoms with Crippen molar-refractivity contribution >= 4 is 17.2 Å². The molecule has 1 aliphatic heterocycles.